The van der Waals surface area contributed by atoms with Crippen molar-refractivity contribution in [2.45, 2.75) is 33.1 Å². The van der Waals surface area contributed by atoms with Crippen LogP contribution in [-0.4, -0.2) is 23.2 Å². The van der Waals surface area contributed by atoms with E-state index < -0.39 is 0 Å². The molecule has 0 aliphatic rings. The third-order valence-electron chi connectivity index (χ3n) is 2.15. The van der Waals surface area contributed by atoms with Crippen molar-refractivity contribution in [2.75, 3.05) is 18.9 Å². The first-order chi connectivity index (χ1) is 7.69. The van der Waals surface area contributed by atoms with Gasteiger partial charge in [0.2, 0.25) is 0 Å². The van der Waals surface area contributed by atoms with Gasteiger partial charge in [0.25, 0.3) is 0 Å². The van der Waals surface area contributed by atoms with Crippen molar-refractivity contribution in [2.24, 2.45) is 0 Å². The molecule has 1 rings (SSSR count). The Balaban J connectivity index is 2.77. The van der Waals surface area contributed by atoms with Crippen LogP contribution in [0.2, 0.25) is 0 Å². The lowest BCUT2D eigenvalue weighted by atomic mass is 10.2. The average Bonchev–Trinajstić information content (AvgIpc) is 2.26. The molecule has 0 fully saturated rings. The lowest BCUT2D eigenvalue weighted by molar-refractivity contribution is 0.149. The molecular weight excluding hydrogens is 317 g/mol. The molecule has 16 heavy (non-hydrogen) atoms. The molecule has 0 radical (unpaired) electrons. The Morgan fingerprint density at radius 1 is 1.25 bits per heavy atom. The Morgan fingerprint density at radius 3 is 2.62 bits per heavy atom. The summed E-state index contributed by atoms with van der Waals surface area (Å²) in [5, 5.41) is 0. The van der Waals surface area contributed by atoms with Gasteiger partial charge < -0.3 is 10.5 Å². The molecule has 0 aliphatic carbocycles. The van der Waals surface area contributed by atoms with Crippen LogP contribution in [0.5, 0.6) is 0 Å². The van der Waals surface area contributed by atoms with Gasteiger partial charge >= 0.3 is 0 Å². The van der Waals surface area contributed by atoms with Crippen LogP contribution < -0.4 is 5.73 Å². The van der Waals surface area contributed by atoms with E-state index in [4.69, 9.17) is 10.5 Å². The van der Waals surface area contributed by atoms with Crippen molar-refractivity contribution in [3.05, 3.63) is 15.1 Å². The molecule has 1 aromatic heterocycles. The summed E-state index contributed by atoms with van der Waals surface area (Å²) in [5.41, 5.74) is 6.91. The minimum Gasteiger partial charge on any atom is -0.383 e. The van der Waals surface area contributed by atoms with Crippen LogP contribution in [0.15, 0.2) is 0 Å². The van der Waals surface area contributed by atoms with E-state index in [1.54, 1.807) is 0 Å². The highest BCUT2D eigenvalue weighted by molar-refractivity contribution is 14.1. The number of nitrogens with two attached hydrogens (primary N) is 1. The summed E-state index contributed by atoms with van der Waals surface area (Å²) in [6.45, 7) is 5.49. The van der Waals surface area contributed by atoms with E-state index >= 15 is 0 Å². The Morgan fingerprint density at radius 2 is 2.00 bits per heavy atom. The monoisotopic (exact) mass is 335 g/mol. The largest absolute Gasteiger partial charge is 0.383 e. The van der Waals surface area contributed by atoms with Crippen LogP contribution >= 0.6 is 22.6 Å². The standard InChI is InChI=1S/C11H18IN3O/c1-3-5-8-10(12)11(13)15-9(14-8)6-7-16-4-2/h3-7H2,1-2H3,(H2,13,14,15). The third-order valence-corrected chi connectivity index (χ3v) is 3.33. The van der Waals surface area contributed by atoms with Gasteiger partial charge in [-0.15, -0.1) is 0 Å². The Bertz CT molecular complexity index is 344. The summed E-state index contributed by atoms with van der Waals surface area (Å²) in [6, 6.07) is 0. The van der Waals surface area contributed by atoms with Crippen LogP contribution in [0.25, 0.3) is 0 Å². The van der Waals surface area contributed by atoms with E-state index in [1.807, 2.05) is 6.92 Å². The van der Waals surface area contributed by atoms with Gasteiger partial charge in [-0.2, -0.15) is 0 Å². The molecule has 5 heteroatoms. The second-order valence-electron chi connectivity index (χ2n) is 3.48. The Kier molecular flexibility index (Phi) is 5.97. The predicted octanol–water partition coefficient (Wildman–Crippen LogP) is 2.19. The molecule has 1 aromatic rings. The maximum absolute atomic E-state index is 5.86. The quantitative estimate of drug-likeness (QED) is 0.640. The van der Waals surface area contributed by atoms with Crippen LogP contribution in [0, 0.1) is 3.57 Å². The first-order valence-electron chi connectivity index (χ1n) is 5.57. The van der Waals surface area contributed by atoms with Crippen LogP contribution in [-0.2, 0) is 17.6 Å². The van der Waals surface area contributed by atoms with Gasteiger partial charge in [-0.3, -0.25) is 0 Å². The molecule has 0 atom stereocenters. The fraction of sp³-hybridized carbons (Fsp3) is 0.636. The highest BCUT2D eigenvalue weighted by Crippen LogP contribution is 2.17. The van der Waals surface area contributed by atoms with Gasteiger partial charge in [-0.25, -0.2) is 9.97 Å². The topological polar surface area (TPSA) is 61.0 Å². The van der Waals surface area contributed by atoms with Crippen molar-refractivity contribution in [1.82, 2.24) is 9.97 Å². The van der Waals surface area contributed by atoms with Gasteiger partial charge in [-0.1, -0.05) is 13.3 Å². The van der Waals surface area contributed by atoms with Crippen LogP contribution in [0.1, 0.15) is 31.8 Å². The van der Waals surface area contributed by atoms with Crippen molar-refractivity contribution in [3.63, 3.8) is 0 Å². The molecule has 0 aliphatic heterocycles. The van der Waals surface area contributed by atoms with E-state index in [0.717, 1.165) is 41.0 Å². The van der Waals surface area contributed by atoms with Crippen molar-refractivity contribution in [3.8, 4) is 0 Å². The third kappa shape index (κ3) is 3.86. The van der Waals surface area contributed by atoms with E-state index in [1.165, 1.54) is 0 Å². The summed E-state index contributed by atoms with van der Waals surface area (Å²) >= 11 is 2.21. The number of ether oxygens (including phenoxy) is 1. The molecule has 0 bridgehead atoms. The number of nitrogen functional groups attached to an aromatic ring is 1. The molecule has 90 valence electrons. The minimum atomic E-state index is 0.588. The van der Waals surface area contributed by atoms with E-state index in [-0.39, 0.29) is 0 Å². The summed E-state index contributed by atoms with van der Waals surface area (Å²) in [4.78, 5) is 8.78. The minimum absolute atomic E-state index is 0.588. The Labute approximate surface area is 110 Å². The first kappa shape index (κ1) is 13.6. The molecular formula is C11H18IN3O. The van der Waals surface area contributed by atoms with Crippen molar-refractivity contribution in [1.29, 1.82) is 0 Å². The number of hydrogen-bond donors (Lipinski definition) is 1. The second kappa shape index (κ2) is 7.01. The fourth-order valence-corrected chi connectivity index (χ4v) is 1.90. The maximum atomic E-state index is 5.86. The number of hydrogen-bond acceptors (Lipinski definition) is 4. The summed E-state index contributed by atoms with van der Waals surface area (Å²) in [6.07, 6.45) is 2.75. The summed E-state index contributed by atoms with van der Waals surface area (Å²) in [7, 11) is 0. The van der Waals surface area contributed by atoms with E-state index in [0.29, 0.717) is 12.4 Å². The SMILES string of the molecule is CCCc1nc(CCOCC)nc(N)c1I. The number of halogens is 1. The Hall–Kier alpha value is -0.430. The molecule has 0 amide bonds. The van der Waals surface area contributed by atoms with Gasteiger partial charge in [0, 0.05) is 13.0 Å². The first-order valence-corrected chi connectivity index (χ1v) is 6.65. The molecule has 1 heterocycles. The number of rotatable bonds is 6. The molecule has 2 N–H and O–H groups in total. The average molecular weight is 335 g/mol. The van der Waals surface area contributed by atoms with Crippen LogP contribution in [0.3, 0.4) is 0 Å². The molecule has 0 saturated carbocycles. The van der Waals surface area contributed by atoms with Gasteiger partial charge in [-0.05, 0) is 35.9 Å². The lowest BCUT2D eigenvalue weighted by Crippen LogP contribution is -2.09. The molecule has 0 saturated heterocycles. The van der Waals surface area contributed by atoms with Crippen LogP contribution in [0.4, 0.5) is 5.82 Å². The number of nitrogens with zero attached hydrogens (tertiary/aromatic N) is 2. The fourth-order valence-electron chi connectivity index (χ4n) is 1.39. The predicted molar refractivity (Wildman–Crippen MR) is 73.4 cm³/mol. The number of anilines is 1. The highest BCUT2D eigenvalue weighted by atomic mass is 127. The number of aromatic nitrogens is 2. The summed E-state index contributed by atoms with van der Waals surface area (Å²) < 4.78 is 6.27. The zero-order chi connectivity index (χ0) is 12.0. The normalized spacial score (nSPS) is 10.7. The van der Waals surface area contributed by atoms with Gasteiger partial charge in [0.05, 0.1) is 15.9 Å². The number of aryl methyl sites for hydroxylation is 1. The molecule has 4 nitrogen and oxygen atoms in total. The van der Waals surface area contributed by atoms with E-state index in [9.17, 15) is 0 Å². The smallest absolute Gasteiger partial charge is 0.140 e. The van der Waals surface area contributed by atoms with Crippen molar-refractivity contribution < 1.29 is 4.74 Å². The van der Waals surface area contributed by atoms with Gasteiger partial charge in [0.1, 0.15) is 11.6 Å². The zero-order valence-electron chi connectivity index (χ0n) is 9.79. The lowest BCUT2D eigenvalue weighted by Gasteiger charge is -2.08. The highest BCUT2D eigenvalue weighted by Gasteiger charge is 2.09. The maximum Gasteiger partial charge on any atom is 0.140 e. The zero-order valence-corrected chi connectivity index (χ0v) is 12.0. The molecule has 0 unspecified atom stereocenters. The van der Waals surface area contributed by atoms with Crippen molar-refractivity contribution >= 4 is 28.4 Å². The molecule has 0 spiro atoms. The summed E-state index contributed by atoms with van der Waals surface area (Å²) in [5.74, 6) is 1.38. The van der Waals surface area contributed by atoms with E-state index in [2.05, 4.69) is 39.5 Å². The second-order valence-corrected chi connectivity index (χ2v) is 4.56. The van der Waals surface area contributed by atoms with Gasteiger partial charge in [0.15, 0.2) is 0 Å². The molecule has 0 aromatic carbocycles.